The van der Waals surface area contributed by atoms with Crippen LogP contribution in [0.25, 0.3) is 0 Å². The van der Waals surface area contributed by atoms with Gasteiger partial charge in [0.25, 0.3) is 0 Å². The van der Waals surface area contributed by atoms with Crippen LogP contribution < -0.4 is 10.0 Å². The van der Waals surface area contributed by atoms with Crippen molar-refractivity contribution in [3.63, 3.8) is 0 Å². The second-order valence-corrected chi connectivity index (χ2v) is 6.78. The molecule has 0 aliphatic carbocycles. The second-order valence-electron chi connectivity index (χ2n) is 4.16. The number of nitrogens with one attached hydrogen (secondary N) is 2. The number of halogens is 1. The molecule has 0 bridgehead atoms. The third-order valence-corrected chi connectivity index (χ3v) is 4.79. The van der Waals surface area contributed by atoms with Gasteiger partial charge in [-0.25, -0.2) is 8.42 Å². The molecule has 1 atom stereocenters. The monoisotopic (exact) mass is 318 g/mol. The molecule has 6 heteroatoms. The molecule has 0 radical (unpaired) electrons. The van der Waals surface area contributed by atoms with Gasteiger partial charge in [0.15, 0.2) is 0 Å². The number of benzene rings is 1. The summed E-state index contributed by atoms with van der Waals surface area (Å²) in [5, 5.41) is 3.18. The van der Waals surface area contributed by atoms with E-state index in [0.29, 0.717) is 5.69 Å². The van der Waals surface area contributed by atoms with Gasteiger partial charge in [0.05, 0.1) is 11.4 Å². The SMILES string of the molecule is O=S(=O)(CC1CCCN1)Nc1ccccc1Br. The second kappa shape index (κ2) is 5.37. The van der Waals surface area contributed by atoms with Gasteiger partial charge in [0.2, 0.25) is 10.0 Å². The third kappa shape index (κ3) is 3.69. The minimum absolute atomic E-state index is 0.0787. The molecular weight excluding hydrogens is 304 g/mol. The fraction of sp³-hybridized carbons (Fsp3) is 0.455. The normalized spacial score (nSPS) is 20.4. The molecule has 4 nitrogen and oxygen atoms in total. The van der Waals surface area contributed by atoms with Crippen molar-refractivity contribution in [3.05, 3.63) is 28.7 Å². The molecule has 1 fully saturated rings. The van der Waals surface area contributed by atoms with Crippen molar-refractivity contribution in [3.8, 4) is 0 Å². The summed E-state index contributed by atoms with van der Waals surface area (Å²) in [4.78, 5) is 0. The first-order chi connectivity index (χ1) is 8.07. The van der Waals surface area contributed by atoms with Gasteiger partial charge >= 0.3 is 0 Å². The number of sulfonamides is 1. The number of hydrogen-bond donors (Lipinski definition) is 2. The Morgan fingerprint density at radius 3 is 2.82 bits per heavy atom. The Bertz CT molecular complexity index is 484. The van der Waals surface area contributed by atoms with Crippen molar-refractivity contribution < 1.29 is 8.42 Å². The highest BCUT2D eigenvalue weighted by Crippen LogP contribution is 2.22. The lowest BCUT2D eigenvalue weighted by atomic mass is 10.3. The van der Waals surface area contributed by atoms with Crippen molar-refractivity contribution in [2.24, 2.45) is 0 Å². The van der Waals surface area contributed by atoms with E-state index in [4.69, 9.17) is 0 Å². The number of rotatable bonds is 4. The van der Waals surface area contributed by atoms with Crippen LogP contribution in [0.1, 0.15) is 12.8 Å². The predicted octanol–water partition coefficient (Wildman–Crippen LogP) is 1.94. The summed E-state index contributed by atoms with van der Waals surface area (Å²) in [6.45, 7) is 0.912. The predicted molar refractivity (Wildman–Crippen MR) is 72.6 cm³/mol. The van der Waals surface area contributed by atoms with E-state index >= 15 is 0 Å². The molecule has 1 aromatic carbocycles. The molecule has 0 spiro atoms. The molecule has 0 saturated carbocycles. The van der Waals surface area contributed by atoms with Crippen LogP contribution in [0, 0.1) is 0 Å². The van der Waals surface area contributed by atoms with E-state index in [0.717, 1.165) is 23.9 Å². The van der Waals surface area contributed by atoms with Crippen molar-refractivity contribution in [2.75, 3.05) is 17.0 Å². The van der Waals surface area contributed by atoms with Gasteiger partial charge in [0.1, 0.15) is 0 Å². The maximum atomic E-state index is 11.9. The molecule has 1 aliphatic heterocycles. The maximum absolute atomic E-state index is 11.9. The van der Waals surface area contributed by atoms with E-state index in [1.54, 1.807) is 12.1 Å². The van der Waals surface area contributed by atoms with E-state index in [1.807, 2.05) is 12.1 Å². The number of hydrogen-bond acceptors (Lipinski definition) is 3. The zero-order chi connectivity index (χ0) is 12.3. The van der Waals surface area contributed by atoms with Crippen LogP contribution in [0.4, 0.5) is 5.69 Å². The largest absolute Gasteiger partial charge is 0.313 e. The molecule has 0 amide bonds. The van der Waals surface area contributed by atoms with Gasteiger partial charge in [-0.05, 0) is 47.4 Å². The third-order valence-electron chi connectivity index (χ3n) is 2.72. The highest BCUT2D eigenvalue weighted by Gasteiger charge is 2.22. The Hall–Kier alpha value is -0.590. The van der Waals surface area contributed by atoms with Crippen molar-refractivity contribution in [2.45, 2.75) is 18.9 Å². The molecule has 2 N–H and O–H groups in total. The lowest BCUT2D eigenvalue weighted by molar-refractivity contribution is 0.582. The first-order valence-corrected chi connectivity index (χ1v) is 8.00. The number of anilines is 1. The lowest BCUT2D eigenvalue weighted by Gasteiger charge is -2.13. The first-order valence-electron chi connectivity index (χ1n) is 5.55. The molecule has 17 heavy (non-hydrogen) atoms. The molecular formula is C11H15BrN2O2S. The zero-order valence-electron chi connectivity index (χ0n) is 9.32. The summed E-state index contributed by atoms with van der Waals surface area (Å²) in [7, 11) is -3.28. The summed E-state index contributed by atoms with van der Waals surface area (Å²) in [6.07, 6.45) is 1.98. The van der Waals surface area contributed by atoms with E-state index in [1.165, 1.54) is 0 Å². The summed E-state index contributed by atoms with van der Waals surface area (Å²) >= 11 is 3.32. The number of para-hydroxylation sites is 1. The fourth-order valence-electron chi connectivity index (χ4n) is 1.92. The maximum Gasteiger partial charge on any atom is 0.234 e. The molecule has 1 aliphatic rings. The molecule has 1 saturated heterocycles. The van der Waals surface area contributed by atoms with Crippen LogP contribution >= 0.6 is 15.9 Å². The molecule has 1 heterocycles. The Kier molecular flexibility index (Phi) is 4.06. The van der Waals surface area contributed by atoms with E-state index in [2.05, 4.69) is 26.0 Å². The highest BCUT2D eigenvalue weighted by molar-refractivity contribution is 9.10. The van der Waals surface area contributed by atoms with E-state index in [-0.39, 0.29) is 11.8 Å². The van der Waals surface area contributed by atoms with Gasteiger partial charge in [-0.3, -0.25) is 4.72 Å². The Labute approximate surface area is 110 Å². The van der Waals surface area contributed by atoms with Gasteiger partial charge in [0, 0.05) is 10.5 Å². The first kappa shape index (κ1) is 12.9. The molecule has 0 aromatic heterocycles. The van der Waals surface area contributed by atoms with Gasteiger partial charge < -0.3 is 5.32 Å². The minimum Gasteiger partial charge on any atom is -0.313 e. The van der Waals surface area contributed by atoms with Crippen LogP contribution in [-0.4, -0.2) is 26.8 Å². The van der Waals surface area contributed by atoms with Gasteiger partial charge in [-0.15, -0.1) is 0 Å². The molecule has 94 valence electrons. The van der Waals surface area contributed by atoms with Gasteiger partial charge in [-0.2, -0.15) is 0 Å². The molecule has 1 unspecified atom stereocenters. The lowest BCUT2D eigenvalue weighted by Crippen LogP contribution is -2.32. The van der Waals surface area contributed by atoms with E-state index in [9.17, 15) is 8.42 Å². The molecule has 2 rings (SSSR count). The standard InChI is InChI=1S/C11H15BrN2O2S/c12-10-5-1-2-6-11(10)14-17(15,16)8-9-4-3-7-13-9/h1-2,5-6,9,13-14H,3-4,7-8H2. The molecule has 1 aromatic rings. The Morgan fingerprint density at radius 1 is 1.41 bits per heavy atom. The van der Waals surface area contributed by atoms with Crippen LogP contribution in [0.15, 0.2) is 28.7 Å². The average Bonchev–Trinajstić information content (AvgIpc) is 2.73. The van der Waals surface area contributed by atoms with Crippen molar-refractivity contribution in [1.29, 1.82) is 0 Å². The van der Waals surface area contributed by atoms with Crippen molar-refractivity contribution >= 4 is 31.6 Å². The van der Waals surface area contributed by atoms with Crippen LogP contribution in [0.5, 0.6) is 0 Å². The Morgan fingerprint density at radius 2 is 2.18 bits per heavy atom. The smallest absolute Gasteiger partial charge is 0.234 e. The van der Waals surface area contributed by atoms with Crippen LogP contribution in [0.3, 0.4) is 0 Å². The van der Waals surface area contributed by atoms with Crippen LogP contribution in [-0.2, 0) is 10.0 Å². The summed E-state index contributed by atoms with van der Waals surface area (Å²) in [6, 6.07) is 7.28. The highest BCUT2D eigenvalue weighted by atomic mass is 79.9. The average molecular weight is 319 g/mol. The quantitative estimate of drug-likeness (QED) is 0.892. The topological polar surface area (TPSA) is 58.2 Å². The van der Waals surface area contributed by atoms with E-state index < -0.39 is 10.0 Å². The summed E-state index contributed by atoms with van der Waals surface area (Å²) in [5.41, 5.74) is 0.588. The van der Waals surface area contributed by atoms with Crippen LogP contribution in [0.2, 0.25) is 0 Å². The summed E-state index contributed by atoms with van der Waals surface area (Å²) < 4.78 is 27.2. The Balaban J connectivity index is 2.04. The summed E-state index contributed by atoms with van der Waals surface area (Å²) in [5.74, 6) is 0.133. The van der Waals surface area contributed by atoms with Crippen molar-refractivity contribution in [1.82, 2.24) is 5.32 Å². The van der Waals surface area contributed by atoms with Gasteiger partial charge in [-0.1, -0.05) is 12.1 Å². The fourth-order valence-corrected chi connectivity index (χ4v) is 3.84. The zero-order valence-corrected chi connectivity index (χ0v) is 11.7. The minimum atomic E-state index is -3.28.